The van der Waals surface area contributed by atoms with Crippen molar-refractivity contribution >= 4 is 39.5 Å². The van der Waals surface area contributed by atoms with E-state index < -0.39 is 10.7 Å². The van der Waals surface area contributed by atoms with Gasteiger partial charge in [0.05, 0.1) is 39.1 Å². The molecular formula is C22H16KN3O2S. The Balaban J connectivity index is 0.00000240. The molecule has 1 heterocycles. The molecule has 7 heteroatoms. The van der Waals surface area contributed by atoms with Gasteiger partial charge in [0.25, 0.3) is 0 Å². The van der Waals surface area contributed by atoms with Crippen LogP contribution >= 0.6 is 11.8 Å². The molecule has 0 saturated heterocycles. The number of rotatable bonds is 4. The van der Waals surface area contributed by atoms with Crippen LogP contribution in [0.25, 0.3) is 27.5 Å². The number of aliphatic carboxylic acids is 1. The summed E-state index contributed by atoms with van der Waals surface area (Å²) in [5, 5.41) is 23.3. The zero-order valence-electron chi connectivity index (χ0n) is 16.3. The number of imidazole rings is 1. The predicted octanol–water partition coefficient (Wildman–Crippen LogP) is 0.675. The van der Waals surface area contributed by atoms with E-state index >= 15 is 0 Å². The van der Waals surface area contributed by atoms with Gasteiger partial charge in [-0.15, -0.1) is 0 Å². The molecule has 0 aliphatic heterocycles. The van der Waals surface area contributed by atoms with Gasteiger partial charge >= 0.3 is 51.4 Å². The number of para-hydroxylation sites is 2. The third-order valence-corrected chi connectivity index (χ3v) is 5.76. The van der Waals surface area contributed by atoms with Gasteiger partial charge in [-0.25, -0.2) is 4.98 Å². The Morgan fingerprint density at radius 3 is 2.41 bits per heavy atom. The molecule has 0 aliphatic rings. The number of carboxylic acid groups (broad SMARTS) is 1. The number of fused-ring (bicyclic) bond motifs is 2. The van der Waals surface area contributed by atoms with Crippen LogP contribution in [0.2, 0.25) is 0 Å². The van der Waals surface area contributed by atoms with Crippen molar-refractivity contribution < 1.29 is 61.3 Å². The Bertz CT molecular complexity index is 1270. The molecule has 0 amide bonds. The van der Waals surface area contributed by atoms with Crippen molar-refractivity contribution in [3.63, 3.8) is 0 Å². The van der Waals surface area contributed by atoms with Gasteiger partial charge in [0.15, 0.2) is 5.16 Å². The number of carbonyl (C=O) groups is 1. The second-order valence-electron chi connectivity index (χ2n) is 6.91. The number of benzene rings is 3. The Labute approximate surface area is 215 Å². The summed E-state index contributed by atoms with van der Waals surface area (Å²) in [6.07, 6.45) is 0. The molecule has 29 heavy (non-hydrogen) atoms. The topological polar surface area (TPSA) is 81.7 Å². The van der Waals surface area contributed by atoms with Gasteiger partial charge < -0.3 is 9.90 Å². The molecule has 138 valence electrons. The third kappa shape index (κ3) is 4.01. The molecule has 1 aromatic heterocycles. The zero-order valence-corrected chi connectivity index (χ0v) is 20.3. The summed E-state index contributed by atoms with van der Waals surface area (Å²) in [7, 11) is 0. The number of nitriles is 1. The molecule has 3 aromatic carbocycles. The first kappa shape index (κ1) is 22.0. The number of carbonyl (C=O) groups excluding carboxylic acids is 1. The molecule has 0 spiro atoms. The van der Waals surface area contributed by atoms with E-state index in [-0.39, 0.29) is 51.4 Å². The molecule has 0 radical (unpaired) electrons. The van der Waals surface area contributed by atoms with Crippen LogP contribution in [0, 0.1) is 11.3 Å². The first-order valence-electron chi connectivity index (χ1n) is 8.72. The SMILES string of the molecule is CC(C)(Sc1nc2ccccc2n1-c1ccc(C#N)c2ccccc12)C(=O)[O-].[K+]. The summed E-state index contributed by atoms with van der Waals surface area (Å²) in [4.78, 5) is 16.3. The van der Waals surface area contributed by atoms with Crippen molar-refractivity contribution in [3.8, 4) is 11.8 Å². The monoisotopic (exact) mass is 425 g/mol. The standard InChI is InChI=1S/C22H17N3O2S.K/c1-22(2,20(26)27)28-21-24-17-9-5-6-10-19(17)25(21)18-12-11-14(13-23)15-7-3-4-8-16(15)18;/h3-12H,1-2H3,(H,26,27);/q;+1/p-1. The van der Waals surface area contributed by atoms with E-state index in [1.807, 2.05) is 59.2 Å². The van der Waals surface area contributed by atoms with Crippen molar-refractivity contribution in [1.29, 1.82) is 5.26 Å². The van der Waals surface area contributed by atoms with Gasteiger partial charge in [-0.05, 0) is 38.1 Å². The molecule has 0 saturated carbocycles. The van der Waals surface area contributed by atoms with Crippen LogP contribution < -0.4 is 56.5 Å². The number of nitrogens with zero attached hydrogens (tertiary/aromatic N) is 3. The maximum absolute atomic E-state index is 11.6. The Morgan fingerprint density at radius 1 is 1.07 bits per heavy atom. The molecule has 4 rings (SSSR count). The van der Waals surface area contributed by atoms with Gasteiger partial charge in [-0.2, -0.15) is 5.26 Å². The minimum Gasteiger partial charge on any atom is -0.549 e. The fourth-order valence-corrected chi connectivity index (χ4v) is 4.12. The van der Waals surface area contributed by atoms with Crippen molar-refractivity contribution in [2.24, 2.45) is 0 Å². The van der Waals surface area contributed by atoms with E-state index in [2.05, 4.69) is 11.1 Å². The maximum Gasteiger partial charge on any atom is 1.00 e. The van der Waals surface area contributed by atoms with E-state index in [4.69, 9.17) is 0 Å². The number of hydrogen-bond donors (Lipinski definition) is 0. The summed E-state index contributed by atoms with van der Waals surface area (Å²) in [5.41, 5.74) is 3.08. The minimum atomic E-state index is -1.15. The van der Waals surface area contributed by atoms with Crippen molar-refractivity contribution in [3.05, 3.63) is 66.2 Å². The van der Waals surface area contributed by atoms with Gasteiger partial charge in [0.2, 0.25) is 0 Å². The predicted molar refractivity (Wildman–Crippen MR) is 108 cm³/mol. The van der Waals surface area contributed by atoms with Crippen molar-refractivity contribution in [2.75, 3.05) is 0 Å². The van der Waals surface area contributed by atoms with E-state index in [1.165, 1.54) is 0 Å². The Kier molecular flexibility index (Phi) is 6.53. The van der Waals surface area contributed by atoms with Crippen LogP contribution in [0.15, 0.2) is 65.8 Å². The molecular weight excluding hydrogens is 409 g/mol. The van der Waals surface area contributed by atoms with Gasteiger partial charge in [0, 0.05) is 10.8 Å². The minimum absolute atomic E-state index is 0. The van der Waals surface area contributed by atoms with Crippen LogP contribution in [-0.4, -0.2) is 20.3 Å². The number of aromatic nitrogens is 2. The number of hydrogen-bond acceptors (Lipinski definition) is 5. The molecule has 0 unspecified atom stereocenters. The maximum atomic E-state index is 11.6. The molecule has 0 fully saturated rings. The molecule has 4 aromatic rings. The summed E-state index contributed by atoms with van der Waals surface area (Å²) < 4.78 is 0.801. The van der Waals surface area contributed by atoms with Crippen LogP contribution in [0.1, 0.15) is 19.4 Å². The average Bonchev–Trinajstić information content (AvgIpc) is 3.04. The quantitative estimate of drug-likeness (QED) is 0.355. The Morgan fingerprint density at radius 2 is 1.72 bits per heavy atom. The summed E-state index contributed by atoms with van der Waals surface area (Å²) in [6.45, 7) is 3.21. The summed E-state index contributed by atoms with van der Waals surface area (Å²) >= 11 is 1.14. The van der Waals surface area contributed by atoms with E-state index in [0.717, 1.165) is 39.3 Å². The second kappa shape index (κ2) is 8.60. The zero-order chi connectivity index (χ0) is 19.9. The van der Waals surface area contributed by atoms with Gasteiger partial charge in [-0.3, -0.25) is 4.57 Å². The summed E-state index contributed by atoms with van der Waals surface area (Å²) in [5.74, 6) is -1.15. The molecule has 0 atom stereocenters. The summed E-state index contributed by atoms with van der Waals surface area (Å²) in [6, 6.07) is 21.2. The third-order valence-electron chi connectivity index (χ3n) is 4.63. The smallest absolute Gasteiger partial charge is 0.549 e. The molecule has 0 bridgehead atoms. The van der Waals surface area contributed by atoms with E-state index in [0.29, 0.717) is 10.7 Å². The number of carboxylic acids is 1. The van der Waals surface area contributed by atoms with E-state index in [1.54, 1.807) is 19.9 Å². The van der Waals surface area contributed by atoms with Gasteiger partial charge in [-0.1, -0.05) is 48.2 Å². The van der Waals surface area contributed by atoms with E-state index in [9.17, 15) is 15.2 Å². The van der Waals surface area contributed by atoms with Crippen LogP contribution in [-0.2, 0) is 4.79 Å². The molecule has 0 N–H and O–H groups in total. The van der Waals surface area contributed by atoms with Crippen LogP contribution in [0.3, 0.4) is 0 Å². The number of thioether (sulfide) groups is 1. The fraction of sp³-hybridized carbons (Fsp3) is 0.136. The molecule has 5 nitrogen and oxygen atoms in total. The van der Waals surface area contributed by atoms with Crippen molar-refractivity contribution in [2.45, 2.75) is 23.8 Å². The van der Waals surface area contributed by atoms with Gasteiger partial charge in [0.1, 0.15) is 0 Å². The van der Waals surface area contributed by atoms with Crippen molar-refractivity contribution in [1.82, 2.24) is 9.55 Å². The normalized spacial score (nSPS) is 11.2. The first-order valence-corrected chi connectivity index (χ1v) is 9.54. The Hall–Kier alpha value is -1.66. The van der Waals surface area contributed by atoms with Crippen LogP contribution in [0.4, 0.5) is 0 Å². The largest absolute Gasteiger partial charge is 1.00 e. The first-order chi connectivity index (χ1) is 13.4. The fourth-order valence-electron chi connectivity index (χ4n) is 3.15. The van der Waals surface area contributed by atoms with Crippen LogP contribution in [0.5, 0.6) is 0 Å². The average molecular weight is 426 g/mol. The second-order valence-corrected chi connectivity index (χ2v) is 8.50. The molecule has 0 aliphatic carbocycles.